The van der Waals surface area contributed by atoms with Crippen LogP contribution in [0.2, 0.25) is 0 Å². The van der Waals surface area contributed by atoms with Crippen LogP contribution in [0.5, 0.6) is 5.88 Å². The van der Waals surface area contributed by atoms with Gasteiger partial charge in [0.15, 0.2) is 0 Å². The van der Waals surface area contributed by atoms with E-state index in [-0.39, 0.29) is 6.04 Å². The van der Waals surface area contributed by atoms with Gasteiger partial charge in [0.1, 0.15) is 0 Å². The van der Waals surface area contributed by atoms with E-state index in [0.29, 0.717) is 5.88 Å². The van der Waals surface area contributed by atoms with Crippen molar-refractivity contribution in [1.29, 1.82) is 0 Å². The Morgan fingerprint density at radius 1 is 1.56 bits per heavy atom. The third-order valence-corrected chi connectivity index (χ3v) is 2.69. The predicted octanol–water partition coefficient (Wildman–Crippen LogP) is 1.78. The fourth-order valence-electron chi connectivity index (χ4n) is 1.82. The van der Waals surface area contributed by atoms with Gasteiger partial charge in [0, 0.05) is 11.8 Å². The summed E-state index contributed by atoms with van der Waals surface area (Å²) >= 11 is 0. The van der Waals surface area contributed by atoms with Gasteiger partial charge in [-0.1, -0.05) is 6.07 Å². The third kappa shape index (κ3) is 2.17. The zero-order valence-electron chi connectivity index (χ0n) is 9.35. The second kappa shape index (κ2) is 4.99. The van der Waals surface area contributed by atoms with E-state index in [1.165, 1.54) is 0 Å². The molecule has 0 fully saturated rings. The predicted molar refractivity (Wildman–Crippen MR) is 61.0 cm³/mol. The zero-order valence-corrected chi connectivity index (χ0v) is 9.35. The zero-order chi connectivity index (χ0) is 11.4. The lowest BCUT2D eigenvalue weighted by Crippen LogP contribution is -2.17. The second-order valence-electron chi connectivity index (χ2n) is 3.75. The number of rotatable bonds is 3. The topological polar surface area (TPSA) is 57.4 Å². The molecule has 0 amide bonds. The molecule has 1 aromatic heterocycles. The minimum absolute atomic E-state index is 0.191. The van der Waals surface area contributed by atoms with Crippen LogP contribution in [-0.2, 0) is 4.74 Å². The van der Waals surface area contributed by atoms with Crippen LogP contribution in [0.1, 0.15) is 24.4 Å². The van der Waals surface area contributed by atoms with E-state index in [0.717, 1.165) is 30.6 Å². The molecule has 1 aliphatic heterocycles. The standard InChI is InChI=1S/C12H16N2O2/c1-15-12-10(5-2-6-14-12)11(13)9-4-3-7-16-8-9/h2,5-6,8,11H,3-4,7,13H2,1H3. The van der Waals surface area contributed by atoms with E-state index in [1.54, 1.807) is 19.6 Å². The van der Waals surface area contributed by atoms with E-state index in [1.807, 2.05) is 12.1 Å². The molecule has 0 aliphatic carbocycles. The Morgan fingerprint density at radius 2 is 2.44 bits per heavy atom. The van der Waals surface area contributed by atoms with Gasteiger partial charge < -0.3 is 15.2 Å². The molecular weight excluding hydrogens is 204 g/mol. The highest BCUT2D eigenvalue weighted by atomic mass is 16.5. The average molecular weight is 220 g/mol. The Labute approximate surface area is 95.1 Å². The van der Waals surface area contributed by atoms with Gasteiger partial charge in [-0.15, -0.1) is 0 Å². The van der Waals surface area contributed by atoms with Gasteiger partial charge in [0.2, 0.25) is 5.88 Å². The smallest absolute Gasteiger partial charge is 0.218 e. The van der Waals surface area contributed by atoms with Crippen LogP contribution in [0.25, 0.3) is 0 Å². The van der Waals surface area contributed by atoms with Gasteiger partial charge >= 0.3 is 0 Å². The van der Waals surface area contributed by atoms with Crippen molar-refractivity contribution in [1.82, 2.24) is 4.98 Å². The minimum Gasteiger partial charge on any atom is -0.501 e. The lowest BCUT2D eigenvalue weighted by Gasteiger charge is -2.20. The fourth-order valence-corrected chi connectivity index (χ4v) is 1.82. The summed E-state index contributed by atoms with van der Waals surface area (Å²) in [7, 11) is 1.60. The Kier molecular flexibility index (Phi) is 3.41. The monoisotopic (exact) mass is 220 g/mol. The van der Waals surface area contributed by atoms with Crippen LogP contribution in [0, 0.1) is 0 Å². The maximum absolute atomic E-state index is 6.18. The summed E-state index contributed by atoms with van der Waals surface area (Å²) in [6.45, 7) is 0.778. The van der Waals surface area contributed by atoms with Crippen LogP contribution >= 0.6 is 0 Å². The molecule has 0 saturated heterocycles. The van der Waals surface area contributed by atoms with Crippen molar-refractivity contribution in [3.8, 4) is 5.88 Å². The van der Waals surface area contributed by atoms with E-state index < -0.39 is 0 Å². The molecule has 1 unspecified atom stereocenters. The molecule has 0 radical (unpaired) electrons. The Hall–Kier alpha value is -1.55. The largest absolute Gasteiger partial charge is 0.501 e. The summed E-state index contributed by atoms with van der Waals surface area (Å²) in [6.07, 6.45) is 5.45. The molecule has 0 saturated carbocycles. The van der Waals surface area contributed by atoms with Gasteiger partial charge in [-0.2, -0.15) is 0 Å². The highest BCUT2D eigenvalue weighted by molar-refractivity contribution is 5.34. The van der Waals surface area contributed by atoms with Crippen LogP contribution in [0.4, 0.5) is 0 Å². The van der Waals surface area contributed by atoms with Crippen molar-refractivity contribution in [2.75, 3.05) is 13.7 Å². The van der Waals surface area contributed by atoms with Crippen molar-refractivity contribution in [3.05, 3.63) is 35.7 Å². The fraction of sp³-hybridized carbons (Fsp3) is 0.417. The number of aromatic nitrogens is 1. The minimum atomic E-state index is -0.191. The number of hydrogen-bond acceptors (Lipinski definition) is 4. The van der Waals surface area contributed by atoms with E-state index in [9.17, 15) is 0 Å². The molecule has 2 heterocycles. The van der Waals surface area contributed by atoms with Gasteiger partial charge in [0.25, 0.3) is 0 Å². The Morgan fingerprint density at radius 3 is 3.12 bits per heavy atom. The first-order chi connectivity index (χ1) is 7.83. The van der Waals surface area contributed by atoms with E-state index in [2.05, 4.69) is 4.98 Å². The number of nitrogens with zero attached hydrogens (tertiary/aromatic N) is 1. The number of hydrogen-bond donors (Lipinski definition) is 1. The van der Waals surface area contributed by atoms with Crippen molar-refractivity contribution in [2.24, 2.45) is 5.73 Å². The van der Waals surface area contributed by atoms with Gasteiger partial charge in [-0.05, 0) is 24.5 Å². The maximum Gasteiger partial charge on any atom is 0.218 e. The van der Waals surface area contributed by atoms with Crippen LogP contribution in [0.3, 0.4) is 0 Å². The highest BCUT2D eigenvalue weighted by Crippen LogP contribution is 2.29. The first kappa shape index (κ1) is 11.0. The highest BCUT2D eigenvalue weighted by Gasteiger charge is 2.18. The van der Waals surface area contributed by atoms with Crippen LogP contribution in [-0.4, -0.2) is 18.7 Å². The number of methoxy groups -OCH3 is 1. The van der Waals surface area contributed by atoms with Crippen molar-refractivity contribution < 1.29 is 9.47 Å². The summed E-state index contributed by atoms with van der Waals surface area (Å²) in [5, 5.41) is 0. The molecule has 1 aromatic rings. The normalized spacial score (nSPS) is 17.2. The maximum atomic E-state index is 6.18. The molecule has 16 heavy (non-hydrogen) atoms. The van der Waals surface area contributed by atoms with E-state index in [4.69, 9.17) is 15.2 Å². The summed E-state index contributed by atoms with van der Waals surface area (Å²) in [6, 6.07) is 3.61. The van der Waals surface area contributed by atoms with Crippen molar-refractivity contribution in [2.45, 2.75) is 18.9 Å². The van der Waals surface area contributed by atoms with Gasteiger partial charge in [-0.3, -0.25) is 0 Å². The number of ether oxygens (including phenoxy) is 2. The van der Waals surface area contributed by atoms with Gasteiger partial charge in [0.05, 0.1) is 26.0 Å². The third-order valence-electron chi connectivity index (χ3n) is 2.69. The molecule has 1 atom stereocenters. The number of nitrogens with two attached hydrogens (primary N) is 1. The number of pyridine rings is 1. The van der Waals surface area contributed by atoms with Crippen molar-refractivity contribution >= 4 is 0 Å². The summed E-state index contributed by atoms with van der Waals surface area (Å²) in [5.41, 5.74) is 8.18. The Balaban J connectivity index is 2.25. The lowest BCUT2D eigenvalue weighted by molar-refractivity contribution is 0.221. The molecule has 86 valence electrons. The molecular formula is C12H16N2O2. The molecule has 4 heteroatoms. The lowest BCUT2D eigenvalue weighted by atomic mass is 9.97. The van der Waals surface area contributed by atoms with Crippen molar-refractivity contribution in [3.63, 3.8) is 0 Å². The second-order valence-corrected chi connectivity index (χ2v) is 3.75. The molecule has 0 bridgehead atoms. The summed E-state index contributed by atoms with van der Waals surface area (Å²) in [5.74, 6) is 0.585. The summed E-state index contributed by atoms with van der Waals surface area (Å²) < 4.78 is 10.5. The molecule has 0 aromatic carbocycles. The van der Waals surface area contributed by atoms with Crippen LogP contribution in [0.15, 0.2) is 30.2 Å². The first-order valence-corrected chi connectivity index (χ1v) is 5.38. The van der Waals surface area contributed by atoms with Crippen LogP contribution < -0.4 is 10.5 Å². The average Bonchev–Trinajstić information content (AvgIpc) is 2.39. The molecule has 4 nitrogen and oxygen atoms in total. The quantitative estimate of drug-likeness (QED) is 0.843. The Bertz CT molecular complexity index is 390. The molecule has 0 spiro atoms. The van der Waals surface area contributed by atoms with Gasteiger partial charge in [-0.25, -0.2) is 4.98 Å². The SMILES string of the molecule is COc1ncccc1C(N)C1=COCCC1. The first-order valence-electron chi connectivity index (χ1n) is 5.38. The molecule has 2 N–H and O–H groups in total. The molecule has 2 rings (SSSR count). The summed E-state index contributed by atoms with van der Waals surface area (Å²) in [4.78, 5) is 4.14. The molecule has 1 aliphatic rings. The van der Waals surface area contributed by atoms with E-state index >= 15 is 0 Å².